The topological polar surface area (TPSA) is 71.5 Å². The normalized spacial score (nSPS) is 20.2. The summed E-state index contributed by atoms with van der Waals surface area (Å²) < 4.78 is 24.5. The van der Waals surface area contributed by atoms with Crippen LogP contribution in [0.4, 0.5) is 16.2 Å². The molecule has 7 nitrogen and oxygen atoms in total. The Bertz CT molecular complexity index is 952. The number of aromatic nitrogens is 2. The standard InChI is InChI=1S/C24H32FN5O2S/c1-17-5-3-4-12-30(17)20-15-21(31-2)28-22(27-20)29-23(33)26-16-24(10-13-32-14-11-24)18-6-8-19(25)9-7-18/h6-9,15,17H,3-5,10-14,16H2,1-2H3,(H2,26,27,28,29,33). The van der Waals surface area contributed by atoms with Gasteiger partial charge < -0.3 is 25.0 Å². The fraction of sp³-hybridized carbons (Fsp3) is 0.542. The number of hydrogen-bond acceptors (Lipinski definition) is 6. The second kappa shape index (κ2) is 10.6. The lowest BCUT2D eigenvalue weighted by molar-refractivity contribution is 0.0515. The second-order valence-electron chi connectivity index (χ2n) is 8.84. The molecule has 33 heavy (non-hydrogen) atoms. The third kappa shape index (κ3) is 5.70. The Kier molecular flexibility index (Phi) is 7.60. The third-order valence-corrected chi connectivity index (χ3v) is 6.96. The van der Waals surface area contributed by atoms with Crippen molar-refractivity contribution < 1.29 is 13.9 Å². The summed E-state index contributed by atoms with van der Waals surface area (Å²) in [6, 6.07) is 9.02. The highest BCUT2D eigenvalue weighted by Gasteiger charge is 2.34. The van der Waals surface area contributed by atoms with E-state index in [1.165, 1.54) is 18.6 Å². The van der Waals surface area contributed by atoms with Gasteiger partial charge in [-0.2, -0.15) is 9.97 Å². The monoisotopic (exact) mass is 473 g/mol. The average Bonchev–Trinajstić information content (AvgIpc) is 2.84. The molecule has 2 fully saturated rings. The van der Waals surface area contributed by atoms with E-state index in [4.69, 9.17) is 26.7 Å². The van der Waals surface area contributed by atoms with Gasteiger partial charge in [-0.1, -0.05) is 12.1 Å². The van der Waals surface area contributed by atoms with Crippen LogP contribution >= 0.6 is 12.2 Å². The average molecular weight is 474 g/mol. The number of anilines is 2. The zero-order valence-corrected chi connectivity index (χ0v) is 20.1. The van der Waals surface area contributed by atoms with Gasteiger partial charge in [-0.15, -0.1) is 0 Å². The van der Waals surface area contributed by atoms with E-state index in [2.05, 4.69) is 27.4 Å². The van der Waals surface area contributed by atoms with Crippen molar-refractivity contribution in [1.29, 1.82) is 0 Å². The number of thiocarbonyl (C=S) groups is 1. The van der Waals surface area contributed by atoms with Gasteiger partial charge in [-0.3, -0.25) is 0 Å². The molecule has 0 amide bonds. The summed E-state index contributed by atoms with van der Waals surface area (Å²) in [5.74, 6) is 1.50. The molecule has 3 heterocycles. The highest BCUT2D eigenvalue weighted by Crippen LogP contribution is 2.34. The quantitative estimate of drug-likeness (QED) is 0.610. The lowest BCUT2D eigenvalue weighted by Crippen LogP contribution is -2.45. The number of hydrogen-bond donors (Lipinski definition) is 2. The fourth-order valence-electron chi connectivity index (χ4n) is 4.69. The molecule has 1 unspecified atom stereocenters. The molecular formula is C24H32FN5O2S. The molecule has 0 spiro atoms. The van der Waals surface area contributed by atoms with E-state index in [0.717, 1.165) is 43.6 Å². The van der Waals surface area contributed by atoms with Crippen molar-refractivity contribution in [1.82, 2.24) is 15.3 Å². The minimum Gasteiger partial charge on any atom is -0.481 e. The maximum atomic E-state index is 13.5. The number of ether oxygens (including phenoxy) is 2. The van der Waals surface area contributed by atoms with Crippen LogP contribution in [0, 0.1) is 5.82 Å². The van der Waals surface area contributed by atoms with E-state index in [1.807, 2.05) is 18.2 Å². The van der Waals surface area contributed by atoms with Gasteiger partial charge in [0.25, 0.3) is 0 Å². The minimum absolute atomic E-state index is 0.179. The highest BCUT2D eigenvalue weighted by atomic mass is 32.1. The Morgan fingerprint density at radius 1 is 1.24 bits per heavy atom. The predicted molar refractivity (Wildman–Crippen MR) is 132 cm³/mol. The molecule has 2 aliphatic heterocycles. The van der Waals surface area contributed by atoms with Gasteiger partial charge in [0.05, 0.1) is 7.11 Å². The number of piperidine rings is 1. The Morgan fingerprint density at radius 3 is 2.70 bits per heavy atom. The molecule has 4 rings (SSSR count). The first kappa shape index (κ1) is 23.6. The lowest BCUT2D eigenvalue weighted by atomic mass is 9.74. The Labute approximate surface area is 200 Å². The third-order valence-electron chi connectivity index (χ3n) is 6.71. The summed E-state index contributed by atoms with van der Waals surface area (Å²) in [5.41, 5.74) is 0.905. The predicted octanol–water partition coefficient (Wildman–Crippen LogP) is 4.04. The molecule has 2 saturated heterocycles. The zero-order chi connectivity index (χ0) is 23.3. The van der Waals surface area contributed by atoms with E-state index in [0.29, 0.717) is 42.7 Å². The summed E-state index contributed by atoms with van der Waals surface area (Å²) in [6.45, 7) is 5.11. The summed E-state index contributed by atoms with van der Waals surface area (Å²) in [7, 11) is 1.60. The van der Waals surface area contributed by atoms with Crippen LogP contribution in [0.3, 0.4) is 0 Å². The molecule has 0 radical (unpaired) electrons. The molecule has 2 aliphatic rings. The van der Waals surface area contributed by atoms with Crippen LogP contribution in [0.25, 0.3) is 0 Å². The van der Waals surface area contributed by atoms with E-state index in [-0.39, 0.29) is 11.2 Å². The van der Waals surface area contributed by atoms with Gasteiger partial charge in [0.15, 0.2) is 5.11 Å². The molecule has 2 aromatic rings. The Morgan fingerprint density at radius 2 is 2.00 bits per heavy atom. The largest absolute Gasteiger partial charge is 0.481 e. The number of halogens is 1. The molecule has 1 atom stereocenters. The van der Waals surface area contributed by atoms with Gasteiger partial charge in [0.2, 0.25) is 11.8 Å². The van der Waals surface area contributed by atoms with E-state index in [1.54, 1.807) is 7.11 Å². The first-order valence-corrected chi connectivity index (χ1v) is 12.0. The van der Waals surface area contributed by atoms with Crippen molar-refractivity contribution in [3.05, 3.63) is 41.7 Å². The van der Waals surface area contributed by atoms with Crippen LogP contribution in [0.2, 0.25) is 0 Å². The van der Waals surface area contributed by atoms with Crippen molar-refractivity contribution in [2.24, 2.45) is 0 Å². The summed E-state index contributed by atoms with van der Waals surface area (Å²) in [6.07, 6.45) is 5.19. The second-order valence-corrected chi connectivity index (χ2v) is 9.25. The number of nitrogens with one attached hydrogen (secondary N) is 2. The van der Waals surface area contributed by atoms with Crippen molar-refractivity contribution in [3.63, 3.8) is 0 Å². The van der Waals surface area contributed by atoms with Crippen molar-refractivity contribution in [2.45, 2.75) is 50.5 Å². The zero-order valence-electron chi connectivity index (χ0n) is 19.3. The molecule has 2 N–H and O–H groups in total. The molecule has 178 valence electrons. The van der Waals surface area contributed by atoms with Gasteiger partial charge in [-0.25, -0.2) is 4.39 Å². The summed E-state index contributed by atoms with van der Waals surface area (Å²) in [5, 5.41) is 6.90. The first-order valence-electron chi connectivity index (χ1n) is 11.6. The molecule has 1 aromatic heterocycles. The van der Waals surface area contributed by atoms with Crippen molar-refractivity contribution >= 4 is 29.1 Å². The van der Waals surface area contributed by atoms with E-state index in [9.17, 15) is 4.39 Å². The van der Waals surface area contributed by atoms with Crippen molar-refractivity contribution in [2.75, 3.05) is 43.6 Å². The van der Waals surface area contributed by atoms with Crippen LogP contribution < -0.4 is 20.3 Å². The molecule has 0 saturated carbocycles. The lowest BCUT2D eigenvalue weighted by Gasteiger charge is -2.38. The highest BCUT2D eigenvalue weighted by molar-refractivity contribution is 7.80. The van der Waals surface area contributed by atoms with Crippen LogP contribution in [-0.2, 0) is 10.2 Å². The SMILES string of the molecule is COc1cc(N2CCCCC2C)nc(NC(=S)NCC2(c3ccc(F)cc3)CCOCC2)n1. The van der Waals surface area contributed by atoms with E-state index < -0.39 is 0 Å². The molecule has 1 aromatic carbocycles. The van der Waals surface area contributed by atoms with Gasteiger partial charge in [0, 0.05) is 43.8 Å². The molecular weight excluding hydrogens is 441 g/mol. The number of benzene rings is 1. The van der Waals surface area contributed by atoms with E-state index >= 15 is 0 Å². The molecule has 9 heteroatoms. The van der Waals surface area contributed by atoms with Crippen LogP contribution in [0.5, 0.6) is 5.88 Å². The molecule has 0 bridgehead atoms. The van der Waals surface area contributed by atoms with Crippen LogP contribution in [-0.4, -0.2) is 54.5 Å². The van der Waals surface area contributed by atoms with Crippen molar-refractivity contribution in [3.8, 4) is 5.88 Å². The fourth-order valence-corrected chi connectivity index (χ4v) is 4.85. The van der Waals surface area contributed by atoms with Crippen LogP contribution in [0.15, 0.2) is 30.3 Å². The summed E-state index contributed by atoms with van der Waals surface area (Å²) >= 11 is 5.58. The summed E-state index contributed by atoms with van der Waals surface area (Å²) in [4.78, 5) is 11.4. The molecule has 0 aliphatic carbocycles. The first-order chi connectivity index (χ1) is 16.0. The maximum absolute atomic E-state index is 13.5. The Hall–Kier alpha value is -2.52. The minimum atomic E-state index is -0.236. The van der Waals surface area contributed by atoms with Gasteiger partial charge >= 0.3 is 0 Å². The smallest absolute Gasteiger partial charge is 0.234 e. The maximum Gasteiger partial charge on any atom is 0.234 e. The van der Waals surface area contributed by atoms with Gasteiger partial charge in [0.1, 0.15) is 11.6 Å². The Balaban J connectivity index is 1.46. The van der Waals surface area contributed by atoms with Gasteiger partial charge in [-0.05, 0) is 68.9 Å². The van der Waals surface area contributed by atoms with Crippen LogP contribution in [0.1, 0.15) is 44.6 Å². The number of nitrogens with zero attached hydrogens (tertiary/aromatic N) is 3. The number of rotatable bonds is 6. The number of methoxy groups -OCH3 is 1.